The molecule has 4 aromatic carbocycles. The lowest BCUT2D eigenvalue weighted by Gasteiger charge is -2.43. The van der Waals surface area contributed by atoms with E-state index in [0.29, 0.717) is 23.4 Å². The Morgan fingerprint density at radius 3 is 2.21 bits per heavy atom. The molecule has 0 aliphatic carbocycles. The van der Waals surface area contributed by atoms with Crippen LogP contribution in [0.4, 0.5) is 4.39 Å². The quantitative estimate of drug-likeness (QED) is 0.309. The number of benzene rings is 4. The molecule has 1 heterocycles. The van der Waals surface area contributed by atoms with Crippen LogP contribution in [-0.4, -0.2) is 35.8 Å². The molecule has 0 fully saturated rings. The highest BCUT2D eigenvalue weighted by Crippen LogP contribution is 2.44. The van der Waals surface area contributed by atoms with Crippen LogP contribution < -0.4 is 4.74 Å². The molecule has 5 rings (SSSR count). The predicted molar refractivity (Wildman–Crippen MR) is 144 cm³/mol. The van der Waals surface area contributed by atoms with Gasteiger partial charge in [-0.15, -0.1) is 0 Å². The summed E-state index contributed by atoms with van der Waals surface area (Å²) >= 11 is 0. The van der Waals surface area contributed by atoms with Crippen molar-refractivity contribution in [2.75, 3.05) is 14.2 Å². The number of methoxy groups -OCH3 is 1. The number of carbonyl (C=O) groups is 2. The second kappa shape index (κ2) is 10.9. The Labute approximate surface area is 222 Å². The number of amides is 2. The molecule has 0 spiro atoms. The monoisotopic (exact) mass is 508 g/mol. The van der Waals surface area contributed by atoms with Crippen LogP contribution in [0.1, 0.15) is 44.6 Å². The molecule has 0 saturated heterocycles. The lowest BCUT2D eigenvalue weighted by atomic mass is 9.78. The fourth-order valence-electron chi connectivity index (χ4n) is 5.16. The van der Waals surface area contributed by atoms with E-state index in [4.69, 9.17) is 4.74 Å². The van der Waals surface area contributed by atoms with Gasteiger partial charge < -0.3 is 14.5 Å². The van der Waals surface area contributed by atoms with E-state index >= 15 is 0 Å². The molecule has 0 bridgehead atoms. The zero-order chi connectivity index (χ0) is 26.6. The number of hydrogen-bond donors (Lipinski definition) is 0. The zero-order valence-electron chi connectivity index (χ0n) is 21.4. The Balaban J connectivity index is 1.61. The minimum absolute atomic E-state index is 0.0845. The zero-order valence-corrected chi connectivity index (χ0v) is 21.4. The highest BCUT2D eigenvalue weighted by molar-refractivity contribution is 6.01. The second-order valence-corrected chi connectivity index (χ2v) is 9.52. The summed E-state index contributed by atoms with van der Waals surface area (Å²) in [6.45, 7) is 0.676. The molecule has 2 atom stereocenters. The van der Waals surface area contributed by atoms with E-state index in [-0.39, 0.29) is 24.2 Å². The highest BCUT2D eigenvalue weighted by Gasteiger charge is 2.45. The van der Waals surface area contributed by atoms with Gasteiger partial charge in [0.05, 0.1) is 19.1 Å². The number of carbonyl (C=O) groups excluding carboxylic acids is 2. The first-order valence-electron chi connectivity index (χ1n) is 12.5. The number of likely N-dealkylation sites (N-methyl/N-ethyl adjacent to an activating group) is 1. The van der Waals surface area contributed by atoms with Crippen molar-refractivity contribution in [3.05, 3.63) is 137 Å². The fraction of sp³-hybridized carbons (Fsp3) is 0.188. The molecular formula is C32H29FN2O3. The Bertz CT molecular complexity index is 1420. The number of nitrogens with zero attached hydrogens (tertiary/aromatic N) is 2. The second-order valence-electron chi connectivity index (χ2n) is 9.52. The minimum Gasteiger partial charge on any atom is -0.497 e. The lowest BCUT2D eigenvalue weighted by Crippen LogP contribution is -2.47. The Morgan fingerprint density at radius 2 is 1.53 bits per heavy atom. The smallest absolute Gasteiger partial charge is 0.255 e. The van der Waals surface area contributed by atoms with Crippen LogP contribution in [0.25, 0.3) is 0 Å². The Morgan fingerprint density at radius 1 is 0.868 bits per heavy atom. The number of hydrogen-bond acceptors (Lipinski definition) is 3. The molecule has 5 nitrogen and oxygen atoms in total. The molecule has 192 valence electrons. The van der Waals surface area contributed by atoms with Gasteiger partial charge in [-0.1, -0.05) is 72.8 Å². The molecule has 0 saturated carbocycles. The minimum atomic E-state index is -0.633. The Kier molecular flexibility index (Phi) is 7.22. The third-order valence-electron chi connectivity index (χ3n) is 7.07. The third-order valence-corrected chi connectivity index (χ3v) is 7.07. The van der Waals surface area contributed by atoms with Gasteiger partial charge in [0.25, 0.3) is 5.91 Å². The summed E-state index contributed by atoms with van der Waals surface area (Å²) in [4.78, 5) is 31.6. The summed E-state index contributed by atoms with van der Waals surface area (Å²) in [7, 11) is 3.39. The van der Waals surface area contributed by atoms with Crippen molar-refractivity contribution >= 4 is 11.8 Å². The van der Waals surface area contributed by atoms with Crippen LogP contribution >= 0.6 is 0 Å². The van der Waals surface area contributed by atoms with Crippen LogP contribution in [-0.2, 0) is 17.9 Å². The van der Waals surface area contributed by atoms with Crippen LogP contribution in [0.5, 0.6) is 5.75 Å². The van der Waals surface area contributed by atoms with Crippen molar-refractivity contribution in [1.29, 1.82) is 0 Å². The average Bonchev–Trinajstić information content (AvgIpc) is 2.95. The summed E-state index contributed by atoms with van der Waals surface area (Å²) < 4.78 is 19.0. The van der Waals surface area contributed by atoms with E-state index in [1.165, 1.54) is 12.1 Å². The van der Waals surface area contributed by atoms with E-state index in [1.54, 1.807) is 42.2 Å². The van der Waals surface area contributed by atoms with E-state index in [1.807, 2.05) is 72.8 Å². The number of ether oxygens (including phenoxy) is 1. The van der Waals surface area contributed by atoms with Crippen molar-refractivity contribution in [3.63, 3.8) is 0 Å². The van der Waals surface area contributed by atoms with Crippen molar-refractivity contribution < 1.29 is 18.7 Å². The predicted octanol–water partition coefficient (Wildman–Crippen LogP) is 5.97. The van der Waals surface area contributed by atoms with Gasteiger partial charge >= 0.3 is 0 Å². The first-order valence-corrected chi connectivity index (χ1v) is 12.5. The maximum Gasteiger partial charge on any atom is 0.255 e. The van der Waals surface area contributed by atoms with E-state index in [9.17, 15) is 14.0 Å². The van der Waals surface area contributed by atoms with Crippen molar-refractivity contribution in [2.45, 2.75) is 25.0 Å². The van der Waals surface area contributed by atoms with Crippen LogP contribution in [0.3, 0.4) is 0 Å². The number of rotatable bonds is 7. The first-order chi connectivity index (χ1) is 18.5. The molecule has 4 aromatic rings. The molecule has 6 heteroatoms. The van der Waals surface area contributed by atoms with Crippen LogP contribution in [0.15, 0.2) is 103 Å². The van der Waals surface area contributed by atoms with E-state index in [0.717, 1.165) is 16.7 Å². The van der Waals surface area contributed by atoms with Crippen molar-refractivity contribution in [1.82, 2.24) is 9.80 Å². The van der Waals surface area contributed by atoms with Gasteiger partial charge in [0.2, 0.25) is 5.91 Å². The molecule has 1 aliphatic rings. The van der Waals surface area contributed by atoms with Crippen molar-refractivity contribution in [3.8, 4) is 5.75 Å². The highest BCUT2D eigenvalue weighted by atomic mass is 19.1. The van der Waals surface area contributed by atoms with Gasteiger partial charge in [-0.25, -0.2) is 4.39 Å². The SMILES string of the molecule is COc1ccc(C2C(C(=O)N(C)Cc3ccccc3)c3ccccc3C(=O)N2Cc2ccc(F)cc2)cc1. The number of fused-ring (bicyclic) bond motifs is 1. The standard InChI is InChI=1S/C32H29FN2O3/c1-34(20-22-8-4-3-5-9-22)32(37)29-27-10-6-7-11-28(27)31(36)35(21-23-12-16-25(33)17-13-23)30(29)24-14-18-26(38-2)19-15-24/h3-19,29-30H,20-21H2,1-2H3. The van der Waals surface area contributed by atoms with Gasteiger partial charge in [0.1, 0.15) is 11.6 Å². The topological polar surface area (TPSA) is 49.9 Å². The lowest BCUT2D eigenvalue weighted by molar-refractivity contribution is -0.134. The average molecular weight is 509 g/mol. The first kappa shape index (κ1) is 25.2. The van der Waals surface area contributed by atoms with E-state index in [2.05, 4.69) is 0 Å². The van der Waals surface area contributed by atoms with Gasteiger partial charge in [-0.2, -0.15) is 0 Å². The summed E-state index contributed by atoms with van der Waals surface area (Å²) in [5.41, 5.74) is 3.83. The van der Waals surface area contributed by atoms with Gasteiger partial charge in [-0.3, -0.25) is 9.59 Å². The van der Waals surface area contributed by atoms with Gasteiger partial charge in [0, 0.05) is 25.7 Å². The normalized spacial score (nSPS) is 16.6. The molecule has 38 heavy (non-hydrogen) atoms. The summed E-state index contributed by atoms with van der Waals surface area (Å²) in [6.07, 6.45) is 0. The fourth-order valence-corrected chi connectivity index (χ4v) is 5.16. The van der Waals surface area contributed by atoms with Crippen molar-refractivity contribution in [2.24, 2.45) is 0 Å². The molecule has 0 aromatic heterocycles. The molecule has 2 unspecified atom stereocenters. The van der Waals surface area contributed by atoms with Crippen LogP contribution in [0, 0.1) is 5.82 Å². The summed E-state index contributed by atoms with van der Waals surface area (Å²) in [5, 5.41) is 0. The molecule has 0 radical (unpaired) electrons. The molecular weight excluding hydrogens is 479 g/mol. The third kappa shape index (κ3) is 5.02. The van der Waals surface area contributed by atoms with Gasteiger partial charge in [0.15, 0.2) is 0 Å². The number of halogens is 1. The molecule has 2 amide bonds. The maximum atomic E-state index is 14.2. The van der Waals surface area contributed by atoms with Gasteiger partial charge in [-0.05, 0) is 52.6 Å². The maximum absolute atomic E-state index is 14.2. The summed E-state index contributed by atoms with van der Waals surface area (Å²) in [6, 6.07) is 30.2. The molecule has 0 N–H and O–H groups in total. The Hall–Kier alpha value is -4.45. The summed E-state index contributed by atoms with van der Waals surface area (Å²) in [5.74, 6) is -0.539. The largest absolute Gasteiger partial charge is 0.497 e. The molecule has 1 aliphatic heterocycles. The van der Waals surface area contributed by atoms with Crippen LogP contribution in [0.2, 0.25) is 0 Å². The van der Waals surface area contributed by atoms with E-state index < -0.39 is 12.0 Å².